The second-order valence-electron chi connectivity index (χ2n) is 10.3. The molecule has 1 N–H and O–H groups in total. The first-order chi connectivity index (χ1) is 18.8. The van der Waals surface area contributed by atoms with Gasteiger partial charge in [-0.25, -0.2) is 14.8 Å². The van der Waals surface area contributed by atoms with Gasteiger partial charge in [-0.3, -0.25) is 24.7 Å². The fourth-order valence-electron chi connectivity index (χ4n) is 4.95. The number of rotatable bonds is 8. The zero-order chi connectivity index (χ0) is 27.6. The van der Waals surface area contributed by atoms with E-state index in [1.165, 1.54) is 17.2 Å². The molecule has 3 aliphatic rings. The molecule has 0 atom stereocenters. The molecule has 1 saturated heterocycles. The lowest BCUT2D eigenvalue weighted by molar-refractivity contribution is -0.136. The zero-order valence-corrected chi connectivity index (χ0v) is 22.1. The summed E-state index contributed by atoms with van der Waals surface area (Å²) in [5.41, 5.74) is 1.52. The van der Waals surface area contributed by atoms with Crippen LogP contribution in [0.15, 0.2) is 18.3 Å². The monoisotopic (exact) mass is 533 g/mol. The van der Waals surface area contributed by atoms with E-state index < -0.39 is 11.6 Å². The molecule has 1 saturated carbocycles. The highest BCUT2D eigenvalue weighted by molar-refractivity contribution is 6.01. The first-order valence-electron chi connectivity index (χ1n) is 13.0. The Labute approximate surface area is 226 Å². The normalized spacial score (nSPS) is 18.2. The number of urea groups is 1. The van der Waals surface area contributed by atoms with Crippen molar-refractivity contribution >= 4 is 29.9 Å². The second-order valence-corrected chi connectivity index (χ2v) is 10.3. The Morgan fingerprint density at radius 3 is 2.79 bits per heavy atom. The molecular formula is C27H31N7O5. The number of piperazine rings is 1. The van der Waals surface area contributed by atoms with E-state index in [2.05, 4.69) is 21.4 Å². The molecule has 1 aliphatic carbocycles. The van der Waals surface area contributed by atoms with Gasteiger partial charge in [0, 0.05) is 44.9 Å². The number of likely N-dealkylation sites (N-methyl/N-ethyl adjacent to an activating group) is 1. The smallest absolute Gasteiger partial charge is 0.328 e. The number of aromatic nitrogens is 2. The minimum Gasteiger partial charge on any atom is -0.483 e. The molecule has 2 fully saturated rings. The van der Waals surface area contributed by atoms with Crippen LogP contribution in [0.2, 0.25) is 0 Å². The summed E-state index contributed by atoms with van der Waals surface area (Å²) >= 11 is 0. The van der Waals surface area contributed by atoms with Crippen molar-refractivity contribution in [3.8, 4) is 11.8 Å². The predicted octanol–water partition coefficient (Wildman–Crippen LogP) is 1.98. The summed E-state index contributed by atoms with van der Waals surface area (Å²) in [7, 11) is 3.50. The minimum absolute atomic E-state index is 0.00687. The van der Waals surface area contributed by atoms with Gasteiger partial charge in [0.1, 0.15) is 40.3 Å². The number of pyridine rings is 2. The summed E-state index contributed by atoms with van der Waals surface area (Å²) in [6, 6.07) is 5.04. The van der Waals surface area contributed by atoms with E-state index in [1.54, 1.807) is 12.0 Å². The predicted molar refractivity (Wildman–Crippen MR) is 141 cm³/mol. The molecule has 0 unspecified atom stereocenters. The van der Waals surface area contributed by atoms with Crippen LogP contribution in [0, 0.1) is 11.3 Å². The number of amides is 3. The molecule has 0 bridgehead atoms. The van der Waals surface area contributed by atoms with Crippen LogP contribution in [0.1, 0.15) is 46.4 Å². The summed E-state index contributed by atoms with van der Waals surface area (Å²) in [6.07, 6.45) is 5.08. The largest absolute Gasteiger partial charge is 0.483 e. The van der Waals surface area contributed by atoms with Gasteiger partial charge in [-0.2, -0.15) is 5.26 Å². The molecule has 4 heterocycles. The van der Waals surface area contributed by atoms with Gasteiger partial charge in [-0.05, 0) is 44.4 Å². The van der Waals surface area contributed by atoms with Gasteiger partial charge >= 0.3 is 6.03 Å². The van der Waals surface area contributed by atoms with Gasteiger partial charge in [-0.1, -0.05) is 0 Å². The third-order valence-electron chi connectivity index (χ3n) is 7.27. The Hall–Kier alpha value is -4.08. The number of aryl methyl sites for hydroxylation is 1. The van der Waals surface area contributed by atoms with Gasteiger partial charge in [0.15, 0.2) is 6.29 Å². The van der Waals surface area contributed by atoms with Crippen molar-refractivity contribution in [3.63, 3.8) is 0 Å². The van der Waals surface area contributed by atoms with Crippen LogP contribution >= 0.6 is 0 Å². The Morgan fingerprint density at radius 2 is 2.10 bits per heavy atom. The molecule has 204 valence electrons. The zero-order valence-electron chi connectivity index (χ0n) is 22.1. The van der Waals surface area contributed by atoms with E-state index in [9.17, 15) is 19.6 Å². The average Bonchev–Trinajstić information content (AvgIpc) is 3.68. The van der Waals surface area contributed by atoms with Crippen molar-refractivity contribution in [2.24, 2.45) is 0 Å². The van der Waals surface area contributed by atoms with Gasteiger partial charge in [0.2, 0.25) is 5.91 Å². The maximum atomic E-state index is 13.3. The number of nitrogens with zero attached hydrogens (tertiary/aromatic N) is 6. The van der Waals surface area contributed by atoms with E-state index in [1.807, 2.05) is 18.0 Å². The summed E-state index contributed by atoms with van der Waals surface area (Å²) in [6.45, 7) is 2.80. The number of hydrogen-bond acceptors (Lipinski definition) is 9. The Kier molecular flexibility index (Phi) is 7.45. The molecule has 5 rings (SSSR count). The van der Waals surface area contributed by atoms with Crippen LogP contribution in [0.4, 0.5) is 16.4 Å². The Bertz CT molecular complexity index is 1340. The number of anilines is 2. The standard InChI is InChI=1S/C27H31N7O5/c1-32-8-9-33(24(36)15-32)14-19-10-18-4-3-7-34(25(18)30-21(19)16-35)26(37)31-23-11-22(20(12-28)13-29-23)39-27(5-6-27)17-38-2/h10-11,13,16H,3-9,14-15,17H2,1-2H3,(H,29,31,37). The van der Waals surface area contributed by atoms with E-state index in [0.717, 1.165) is 24.9 Å². The first-order valence-corrected chi connectivity index (χ1v) is 13.0. The number of aldehydes is 1. The number of nitrogens with one attached hydrogen (secondary N) is 1. The summed E-state index contributed by atoms with van der Waals surface area (Å²) in [5, 5.41) is 12.3. The fraction of sp³-hybridized carbons (Fsp3) is 0.481. The molecule has 2 aromatic heterocycles. The van der Waals surface area contributed by atoms with Crippen LogP contribution in [0.3, 0.4) is 0 Å². The van der Waals surface area contributed by atoms with E-state index in [0.29, 0.717) is 69.0 Å². The van der Waals surface area contributed by atoms with E-state index in [4.69, 9.17) is 9.47 Å². The van der Waals surface area contributed by atoms with Crippen molar-refractivity contribution in [2.45, 2.75) is 37.8 Å². The van der Waals surface area contributed by atoms with Gasteiger partial charge in [-0.15, -0.1) is 0 Å². The van der Waals surface area contributed by atoms with Crippen molar-refractivity contribution in [1.82, 2.24) is 19.8 Å². The molecule has 12 nitrogen and oxygen atoms in total. The number of ether oxygens (including phenoxy) is 2. The summed E-state index contributed by atoms with van der Waals surface area (Å²) < 4.78 is 11.3. The lowest BCUT2D eigenvalue weighted by atomic mass is 10.0. The van der Waals surface area contributed by atoms with Crippen LogP contribution in [-0.4, -0.2) is 90.5 Å². The van der Waals surface area contributed by atoms with Crippen LogP contribution in [0.5, 0.6) is 5.75 Å². The summed E-state index contributed by atoms with van der Waals surface area (Å²) in [4.78, 5) is 51.7. The third kappa shape index (κ3) is 5.69. The van der Waals surface area contributed by atoms with Crippen molar-refractivity contribution < 1.29 is 23.9 Å². The summed E-state index contributed by atoms with van der Waals surface area (Å²) in [5.74, 6) is 0.986. The number of nitriles is 1. The van der Waals surface area contributed by atoms with Gasteiger partial charge in [0.25, 0.3) is 0 Å². The molecule has 2 aliphatic heterocycles. The Balaban J connectivity index is 1.35. The third-order valence-corrected chi connectivity index (χ3v) is 7.27. The molecule has 0 spiro atoms. The molecule has 39 heavy (non-hydrogen) atoms. The molecule has 0 aromatic carbocycles. The lowest BCUT2D eigenvalue weighted by Crippen LogP contribution is -2.48. The maximum Gasteiger partial charge on any atom is 0.328 e. The Morgan fingerprint density at radius 1 is 1.28 bits per heavy atom. The number of carbonyl (C=O) groups excluding carboxylic acids is 3. The van der Waals surface area contributed by atoms with Gasteiger partial charge in [0.05, 0.1) is 19.3 Å². The highest BCUT2D eigenvalue weighted by atomic mass is 16.5. The molecule has 12 heteroatoms. The minimum atomic E-state index is -0.462. The number of fused-ring (bicyclic) bond motifs is 1. The first kappa shape index (κ1) is 26.5. The van der Waals surface area contributed by atoms with E-state index >= 15 is 0 Å². The molecule has 0 radical (unpaired) electrons. The van der Waals surface area contributed by atoms with Crippen molar-refractivity contribution in [1.29, 1.82) is 5.26 Å². The van der Waals surface area contributed by atoms with Crippen LogP contribution in [0.25, 0.3) is 0 Å². The second kappa shape index (κ2) is 11.0. The molecule has 3 amide bonds. The topological polar surface area (TPSA) is 141 Å². The average molecular weight is 534 g/mol. The fourth-order valence-corrected chi connectivity index (χ4v) is 4.95. The van der Waals surface area contributed by atoms with Crippen LogP contribution in [-0.2, 0) is 22.5 Å². The quantitative estimate of drug-likeness (QED) is 0.504. The van der Waals surface area contributed by atoms with Gasteiger partial charge < -0.3 is 14.4 Å². The maximum absolute atomic E-state index is 13.3. The van der Waals surface area contributed by atoms with Crippen molar-refractivity contribution in [3.05, 3.63) is 40.7 Å². The molecular weight excluding hydrogens is 502 g/mol. The molecule has 2 aromatic rings. The SMILES string of the molecule is COCC1(Oc2cc(NC(=O)N3CCCc4cc(CN5CCN(C)CC5=O)c(C=O)nc43)ncc2C#N)CC1. The highest BCUT2D eigenvalue weighted by Gasteiger charge is 2.46. The number of methoxy groups -OCH3 is 1. The van der Waals surface area contributed by atoms with E-state index in [-0.39, 0.29) is 23.0 Å². The van der Waals surface area contributed by atoms with Crippen LogP contribution < -0.4 is 15.0 Å². The highest BCUT2D eigenvalue weighted by Crippen LogP contribution is 2.41. The number of carbonyl (C=O) groups is 3. The number of hydrogen-bond donors (Lipinski definition) is 1. The lowest BCUT2D eigenvalue weighted by Gasteiger charge is -2.33. The van der Waals surface area contributed by atoms with Crippen molar-refractivity contribution in [2.75, 3.05) is 57.2 Å².